The second-order valence-corrected chi connectivity index (χ2v) is 17.9. The van der Waals surface area contributed by atoms with E-state index in [0.29, 0.717) is 34.9 Å². The summed E-state index contributed by atoms with van der Waals surface area (Å²) < 4.78 is 36.0. The lowest BCUT2D eigenvalue weighted by Crippen LogP contribution is -2.46. The maximum atomic E-state index is 13.8. The quantitative estimate of drug-likeness (QED) is 0.0372. The van der Waals surface area contributed by atoms with Crippen molar-refractivity contribution in [1.82, 2.24) is 19.8 Å². The number of anilines is 3. The number of rotatable bonds is 18. The molecular weight excluding hydrogens is 820 g/mol. The number of aromatic nitrogens is 2. The summed E-state index contributed by atoms with van der Waals surface area (Å²) in [5, 5.41) is 16.8. The molecule has 1 unspecified atom stereocenters. The number of nitro benzene ring substituents is 1. The number of hydrogen-bond acceptors (Lipinski definition) is 12. The second kappa shape index (κ2) is 19.8. The van der Waals surface area contributed by atoms with Crippen molar-refractivity contribution in [3.8, 4) is 11.1 Å². The number of nitro groups is 1. The van der Waals surface area contributed by atoms with Crippen LogP contribution >= 0.6 is 23.4 Å². The zero-order valence-corrected chi connectivity index (χ0v) is 35.8. The standard InChI is InChI=1S/C44H47ClN8O5S2/c1-50(2)24-25-58-29-35(30-59-37-9-4-3-5-10-37)48-41-19-17-38(27-43(41)53(54)55)60(56,57)49-44-40-18-16-36(26-42(40)46-31-47-44)52-22-20-51(21-23-52)28-33-8-6-7-11-39(33)32-12-14-34(45)15-13-32/h3-19,26-27,31,35,48H,20-25,28-30H2,1-2H3,(H,46,47,49). The largest absolute Gasteiger partial charge is 0.378 e. The molecule has 1 aliphatic heterocycles. The number of benzene rings is 5. The zero-order valence-electron chi connectivity index (χ0n) is 33.4. The molecule has 1 aromatic heterocycles. The minimum absolute atomic E-state index is 0.0773. The molecule has 1 saturated heterocycles. The maximum absolute atomic E-state index is 13.8. The van der Waals surface area contributed by atoms with Gasteiger partial charge in [0.05, 0.1) is 34.6 Å². The van der Waals surface area contributed by atoms with E-state index >= 15 is 0 Å². The van der Waals surface area contributed by atoms with Crippen molar-refractivity contribution in [2.75, 3.05) is 80.7 Å². The van der Waals surface area contributed by atoms with Crippen LogP contribution in [0.4, 0.5) is 22.9 Å². The molecule has 312 valence electrons. The molecule has 60 heavy (non-hydrogen) atoms. The van der Waals surface area contributed by atoms with E-state index < -0.39 is 14.9 Å². The molecule has 7 rings (SSSR count). The summed E-state index contributed by atoms with van der Waals surface area (Å²) in [7, 11) is -0.380. The Bertz CT molecular complexity index is 2510. The summed E-state index contributed by atoms with van der Waals surface area (Å²) in [5.41, 5.74) is 4.94. The fourth-order valence-corrected chi connectivity index (χ4v) is 9.07. The highest BCUT2D eigenvalue weighted by atomic mass is 35.5. The highest BCUT2D eigenvalue weighted by Crippen LogP contribution is 2.32. The fraction of sp³-hybridized carbons (Fsp3) is 0.273. The van der Waals surface area contributed by atoms with Gasteiger partial charge in [0.15, 0.2) is 5.82 Å². The van der Waals surface area contributed by atoms with Gasteiger partial charge in [-0.05, 0) is 85.4 Å². The Morgan fingerprint density at radius 1 is 0.917 bits per heavy atom. The van der Waals surface area contributed by atoms with Gasteiger partial charge in [-0.25, -0.2) is 18.4 Å². The van der Waals surface area contributed by atoms with Gasteiger partial charge in [0, 0.05) is 72.1 Å². The van der Waals surface area contributed by atoms with Crippen LogP contribution in [0.3, 0.4) is 0 Å². The van der Waals surface area contributed by atoms with Crippen molar-refractivity contribution >= 4 is 67.2 Å². The summed E-state index contributed by atoms with van der Waals surface area (Å²) in [5.74, 6) is 0.637. The number of ether oxygens (including phenoxy) is 1. The van der Waals surface area contributed by atoms with E-state index in [2.05, 4.69) is 66.2 Å². The first-order valence-corrected chi connectivity index (χ1v) is 22.4. The fourth-order valence-electron chi connectivity index (χ4n) is 6.97. The monoisotopic (exact) mass is 866 g/mol. The van der Waals surface area contributed by atoms with Crippen LogP contribution in [0.1, 0.15) is 5.56 Å². The van der Waals surface area contributed by atoms with Gasteiger partial charge >= 0.3 is 0 Å². The highest BCUT2D eigenvalue weighted by Gasteiger charge is 2.25. The molecule has 5 aromatic carbocycles. The smallest absolute Gasteiger partial charge is 0.293 e. The Labute approximate surface area is 359 Å². The van der Waals surface area contributed by atoms with Gasteiger partial charge < -0.3 is 19.9 Å². The van der Waals surface area contributed by atoms with Gasteiger partial charge in [0.25, 0.3) is 15.7 Å². The Morgan fingerprint density at radius 2 is 1.67 bits per heavy atom. The first-order chi connectivity index (χ1) is 29.0. The van der Waals surface area contributed by atoms with Gasteiger partial charge in [-0.3, -0.25) is 19.7 Å². The molecular formula is C44H47ClN8O5S2. The van der Waals surface area contributed by atoms with Crippen LogP contribution in [0.25, 0.3) is 22.0 Å². The van der Waals surface area contributed by atoms with Crippen LogP contribution in [0.15, 0.2) is 131 Å². The van der Waals surface area contributed by atoms with E-state index in [0.717, 1.165) is 61.5 Å². The number of sulfonamides is 1. The molecule has 0 saturated carbocycles. The number of halogens is 1. The molecule has 16 heteroatoms. The van der Waals surface area contributed by atoms with Crippen LogP contribution in [-0.4, -0.2) is 105 Å². The second-order valence-electron chi connectivity index (χ2n) is 14.7. The number of thioether (sulfide) groups is 1. The molecule has 6 aromatic rings. The summed E-state index contributed by atoms with van der Waals surface area (Å²) in [6, 6.07) is 35.4. The van der Waals surface area contributed by atoms with Crippen LogP contribution < -0.4 is 14.9 Å². The number of piperazine rings is 1. The van der Waals surface area contributed by atoms with Gasteiger partial charge in [-0.2, -0.15) is 0 Å². The van der Waals surface area contributed by atoms with Crippen molar-refractivity contribution < 1.29 is 18.1 Å². The normalized spacial score (nSPS) is 14.0. The topological polar surface area (TPSA) is 146 Å². The zero-order chi connectivity index (χ0) is 42.1. The van der Waals surface area contributed by atoms with Crippen molar-refractivity contribution in [2.45, 2.75) is 22.4 Å². The number of hydrogen-bond donors (Lipinski definition) is 2. The number of nitrogens with zero attached hydrogens (tertiary/aromatic N) is 6. The molecule has 1 fully saturated rings. The number of fused-ring (bicyclic) bond motifs is 1. The van der Waals surface area contributed by atoms with Crippen LogP contribution in [0.5, 0.6) is 0 Å². The minimum Gasteiger partial charge on any atom is -0.378 e. The maximum Gasteiger partial charge on any atom is 0.293 e. The summed E-state index contributed by atoms with van der Waals surface area (Å²) in [6.07, 6.45) is 1.31. The van der Waals surface area contributed by atoms with Crippen molar-refractivity contribution in [1.29, 1.82) is 0 Å². The van der Waals surface area contributed by atoms with Crippen molar-refractivity contribution in [2.24, 2.45) is 0 Å². The third-order valence-corrected chi connectivity index (χ3v) is 13.0. The molecule has 1 aliphatic rings. The van der Waals surface area contributed by atoms with Gasteiger partial charge in [0.1, 0.15) is 12.0 Å². The summed E-state index contributed by atoms with van der Waals surface area (Å²) >= 11 is 7.74. The van der Waals surface area contributed by atoms with E-state index in [1.807, 2.05) is 73.6 Å². The van der Waals surface area contributed by atoms with Crippen LogP contribution in [-0.2, 0) is 21.3 Å². The van der Waals surface area contributed by atoms with E-state index in [-0.39, 0.29) is 28.1 Å². The Balaban J connectivity index is 1.02. The molecule has 0 bridgehead atoms. The number of likely N-dealkylation sites (N-methyl/N-ethyl adjacent to an activating group) is 1. The van der Waals surface area contributed by atoms with E-state index in [1.54, 1.807) is 17.8 Å². The van der Waals surface area contributed by atoms with Gasteiger partial charge in [0.2, 0.25) is 0 Å². The summed E-state index contributed by atoms with van der Waals surface area (Å²) in [6.45, 7) is 5.67. The first-order valence-electron chi connectivity index (χ1n) is 19.6. The molecule has 0 spiro atoms. The number of nitrogens with one attached hydrogen (secondary N) is 2. The third-order valence-electron chi connectivity index (χ3n) is 10.2. The lowest BCUT2D eigenvalue weighted by molar-refractivity contribution is -0.384. The van der Waals surface area contributed by atoms with Crippen LogP contribution in [0, 0.1) is 10.1 Å². The van der Waals surface area contributed by atoms with Gasteiger partial charge in [-0.1, -0.05) is 66.2 Å². The van der Waals surface area contributed by atoms with Crippen LogP contribution in [0.2, 0.25) is 5.02 Å². The van der Waals surface area contributed by atoms with Crippen molar-refractivity contribution in [3.63, 3.8) is 0 Å². The predicted octanol–water partition coefficient (Wildman–Crippen LogP) is 8.13. The Morgan fingerprint density at radius 3 is 2.42 bits per heavy atom. The Kier molecular flexibility index (Phi) is 14.2. The molecule has 0 amide bonds. The Hall–Kier alpha value is -5.29. The van der Waals surface area contributed by atoms with E-state index in [9.17, 15) is 18.5 Å². The molecule has 1 atom stereocenters. The SMILES string of the molecule is CN(C)CCOCC(CSc1ccccc1)Nc1ccc(S(=O)(=O)Nc2ncnc3cc(N4CCN(Cc5ccccc5-c5ccc(Cl)cc5)CC4)ccc23)cc1[N+](=O)[O-]. The molecule has 2 N–H and O–H groups in total. The molecule has 13 nitrogen and oxygen atoms in total. The average molecular weight is 867 g/mol. The van der Waals surface area contributed by atoms with Gasteiger partial charge in [-0.15, -0.1) is 11.8 Å². The molecule has 0 radical (unpaired) electrons. The van der Waals surface area contributed by atoms with E-state index in [4.69, 9.17) is 16.3 Å². The first kappa shape index (κ1) is 42.8. The third kappa shape index (κ3) is 11.1. The highest BCUT2D eigenvalue weighted by molar-refractivity contribution is 7.99. The van der Waals surface area contributed by atoms with Crippen molar-refractivity contribution in [3.05, 3.63) is 142 Å². The lowest BCUT2D eigenvalue weighted by Gasteiger charge is -2.36. The van der Waals surface area contributed by atoms with E-state index in [1.165, 1.54) is 29.6 Å². The average Bonchev–Trinajstić information content (AvgIpc) is 3.25. The predicted molar refractivity (Wildman–Crippen MR) is 242 cm³/mol. The summed E-state index contributed by atoms with van der Waals surface area (Å²) in [4.78, 5) is 28.0. The minimum atomic E-state index is -4.29. The molecule has 0 aliphatic carbocycles. The lowest BCUT2D eigenvalue weighted by atomic mass is 9.99. The molecule has 2 heterocycles.